The Morgan fingerprint density at radius 2 is 2.04 bits per heavy atom. The fourth-order valence-corrected chi connectivity index (χ4v) is 3.32. The Bertz CT molecular complexity index is 731. The van der Waals surface area contributed by atoms with E-state index in [0.29, 0.717) is 24.7 Å². The van der Waals surface area contributed by atoms with Gasteiger partial charge in [-0.05, 0) is 25.5 Å². The van der Waals surface area contributed by atoms with E-state index in [2.05, 4.69) is 22.0 Å². The maximum Gasteiger partial charge on any atom is 0.243 e. The number of aliphatic hydroxyl groups excluding tert-OH is 1. The van der Waals surface area contributed by atoms with Gasteiger partial charge < -0.3 is 19.1 Å². The van der Waals surface area contributed by atoms with Gasteiger partial charge in [-0.3, -0.25) is 4.90 Å². The third kappa shape index (κ3) is 3.34. The van der Waals surface area contributed by atoms with Crippen LogP contribution < -0.4 is 9.47 Å². The zero-order chi connectivity index (χ0) is 18.0. The molecule has 0 bridgehead atoms. The molecule has 1 aliphatic rings. The number of β-amino-alcohol motifs (C(OH)–C–C–N with tert-alkyl or cyclic N) is 1. The molecule has 136 valence electrons. The molecule has 25 heavy (non-hydrogen) atoms. The van der Waals surface area contributed by atoms with Crippen LogP contribution in [0.5, 0.6) is 11.5 Å². The standard InChI is InChI=1S/C18H25N3O4/c1-5-6-16-19-18(25-20-16)11(2)21-9-12-14(23-3)7-8-15(24-4)17(12)13(22)10-21/h7-8,11,13,22H,5-6,9-10H2,1-4H3/t11-,13-/m0/s1. The van der Waals surface area contributed by atoms with Crippen LogP contribution in [-0.2, 0) is 13.0 Å². The second-order valence-electron chi connectivity index (χ2n) is 6.28. The van der Waals surface area contributed by atoms with Crippen molar-refractivity contribution in [2.24, 2.45) is 0 Å². The SMILES string of the molecule is CCCc1noc([C@H](C)N2Cc3c(OC)ccc(OC)c3[C@@H](O)C2)n1. The first kappa shape index (κ1) is 17.7. The number of ether oxygens (including phenoxy) is 2. The van der Waals surface area contributed by atoms with Crippen LogP contribution in [-0.4, -0.2) is 40.9 Å². The Morgan fingerprint density at radius 3 is 2.72 bits per heavy atom. The number of aromatic nitrogens is 2. The van der Waals surface area contributed by atoms with Crippen LogP contribution in [0.4, 0.5) is 0 Å². The minimum Gasteiger partial charge on any atom is -0.496 e. The maximum absolute atomic E-state index is 10.7. The molecule has 2 aromatic rings. The van der Waals surface area contributed by atoms with Crippen LogP contribution in [0.25, 0.3) is 0 Å². The lowest BCUT2D eigenvalue weighted by atomic mass is 9.94. The van der Waals surface area contributed by atoms with Crippen LogP contribution in [0.3, 0.4) is 0 Å². The van der Waals surface area contributed by atoms with Crippen LogP contribution in [0, 0.1) is 0 Å². The molecule has 0 radical (unpaired) electrons. The highest BCUT2D eigenvalue weighted by Crippen LogP contribution is 2.41. The van der Waals surface area contributed by atoms with E-state index in [4.69, 9.17) is 14.0 Å². The molecule has 0 saturated heterocycles. The Hall–Kier alpha value is -2.12. The van der Waals surface area contributed by atoms with E-state index in [1.54, 1.807) is 14.2 Å². The van der Waals surface area contributed by atoms with Gasteiger partial charge in [-0.1, -0.05) is 12.1 Å². The number of hydrogen-bond acceptors (Lipinski definition) is 7. The van der Waals surface area contributed by atoms with Gasteiger partial charge in [0.1, 0.15) is 11.5 Å². The Morgan fingerprint density at radius 1 is 1.32 bits per heavy atom. The van der Waals surface area contributed by atoms with E-state index in [0.717, 1.165) is 35.5 Å². The lowest BCUT2D eigenvalue weighted by Gasteiger charge is -2.36. The molecule has 0 amide bonds. The fraction of sp³-hybridized carbons (Fsp3) is 0.556. The number of aryl methyl sites for hydroxylation is 1. The van der Waals surface area contributed by atoms with E-state index >= 15 is 0 Å². The molecule has 0 saturated carbocycles. The highest BCUT2D eigenvalue weighted by atomic mass is 16.5. The minimum atomic E-state index is -0.672. The summed E-state index contributed by atoms with van der Waals surface area (Å²) >= 11 is 0. The smallest absolute Gasteiger partial charge is 0.243 e. The number of fused-ring (bicyclic) bond motifs is 1. The molecule has 7 nitrogen and oxygen atoms in total. The summed E-state index contributed by atoms with van der Waals surface area (Å²) in [6.45, 7) is 5.16. The predicted molar refractivity (Wildman–Crippen MR) is 91.6 cm³/mol. The number of methoxy groups -OCH3 is 2. The molecule has 1 N–H and O–H groups in total. The highest BCUT2D eigenvalue weighted by Gasteiger charge is 2.33. The maximum atomic E-state index is 10.7. The number of nitrogens with zero attached hydrogens (tertiary/aromatic N) is 3. The van der Waals surface area contributed by atoms with Crippen LogP contribution >= 0.6 is 0 Å². The number of rotatable bonds is 6. The first-order valence-electron chi connectivity index (χ1n) is 8.57. The molecule has 7 heteroatoms. The summed E-state index contributed by atoms with van der Waals surface area (Å²) in [5.41, 5.74) is 1.73. The molecule has 1 aromatic carbocycles. The first-order valence-corrected chi connectivity index (χ1v) is 8.57. The van der Waals surface area contributed by atoms with Crippen molar-refractivity contribution in [1.29, 1.82) is 0 Å². The van der Waals surface area contributed by atoms with Crippen LogP contribution in [0.15, 0.2) is 16.7 Å². The lowest BCUT2D eigenvalue weighted by Crippen LogP contribution is -2.36. The summed E-state index contributed by atoms with van der Waals surface area (Å²) in [7, 11) is 3.24. The molecule has 0 fully saturated rings. The van der Waals surface area contributed by atoms with Crippen molar-refractivity contribution in [3.63, 3.8) is 0 Å². The van der Waals surface area contributed by atoms with Gasteiger partial charge in [-0.25, -0.2) is 0 Å². The quantitative estimate of drug-likeness (QED) is 0.860. The van der Waals surface area contributed by atoms with Gasteiger partial charge in [0.15, 0.2) is 5.82 Å². The van der Waals surface area contributed by atoms with Crippen LogP contribution in [0.1, 0.15) is 55.3 Å². The zero-order valence-corrected chi connectivity index (χ0v) is 15.2. The van der Waals surface area contributed by atoms with Crippen molar-refractivity contribution in [2.75, 3.05) is 20.8 Å². The van der Waals surface area contributed by atoms with Gasteiger partial charge in [0.2, 0.25) is 5.89 Å². The summed E-state index contributed by atoms with van der Waals surface area (Å²) in [5.74, 6) is 2.71. The number of hydrogen-bond donors (Lipinski definition) is 1. The van der Waals surface area contributed by atoms with Crippen LogP contribution in [0.2, 0.25) is 0 Å². The normalized spacial score (nSPS) is 18.7. The third-order valence-electron chi connectivity index (χ3n) is 4.68. The average molecular weight is 347 g/mol. The largest absolute Gasteiger partial charge is 0.496 e. The van der Waals surface area contributed by atoms with Crippen molar-refractivity contribution in [3.05, 3.63) is 35.0 Å². The van der Waals surface area contributed by atoms with Gasteiger partial charge in [0.25, 0.3) is 0 Å². The topological polar surface area (TPSA) is 80.9 Å². The summed E-state index contributed by atoms with van der Waals surface area (Å²) in [6, 6.07) is 3.59. The van der Waals surface area contributed by atoms with Crippen molar-refractivity contribution in [1.82, 2.24) is 15.0 Å². The molecule has 1 aliphatic heterocycles. The second kappa shape index (κ2) is 7.41. The van der Waals surface area contributed by atoms with E-state index < -0.39 is 6.10 Å². The third-order valence-corrected chi connectivity index (χ3v) is 4.68. The Kier molecular flexibility index (Phi) is 5.24. The monoisotopic (exact) mass is 347 g/mol. The molecule has 1 aromatic heterocycles. The summed E-state index contributed by atoms with van der Waals surface area (Å²) in [5, 5.41) is 14.7. The number of aliphatic hydroxyl groups is 1. The lowest BCUT2D eigenvalue weighted by molar-refractivity contribution is 0.0567. The molecule has 0 unspecified atom stereocenters. The molecule has 3 rings (SSSR count). The van der Waals surface area contributed by atoms with Crippen molar-refractivity contribution < 1.29 is 19.1 Å². The Labute approximate surface area is 147 Å². The molecular weight excluding hydrogens is 322 g/mol. The predicted octanol–water partition coefficient (Wildman–Crippen LogP) is 2.65. The van der Waals surface area contributed by atoms with Crippen molar-refractivity contribution >= 4 is 0 Å². The van der Waals surface area contributed by atoms with Gasteiger partial charge in [-0.2, -0.15) is 4.98 Å². The van der Waals surface area contributed by atoms with Gasteiger partial charge in [-0.15, -0.1) is 0 Å². The zero-order valence-electron chi connectivity index (χ0n) is 15.2. The van der Waals surface area contributed by atoms with Crippen molar-refractivity contribution in [3.8, 4) is 11.5 Å². The second-order valence-corrected chi connectivity index (χ2v) is 6.28. The first-order chi connectivity index (χ1) is 12.1. The van der Waals surface area contributed by atoms with Gasteiger partial charge >= 0.3 is 0 Å². The highest BCUT2D eigenvalue weighted by molar-refractivity contribution is 5.51. The van der Waals surface area contributed by atoms with E-state index in [1.165, 1.54) is 0 Å². The van der Waals surface area contributed by atoms with E-state index in [9.17, 15) is 5.11 Å². The summed E-state index contributed by atoms with van der Waals surface area (Å²) in [4.78, 5) is 6.58. The molecule has 0 aliphatic carbocycles. The van der Waals surface area contributed by atoms with E-state index in [1.807, 2.05) is 19.1 Å². The van der Waals surface area contributed by atoms with Crippen molar-refractivity contribution in [2.45, 2.75) is 45.4 Å². The molecule has 2 heterocycles. The van der Waals surface area contributed by atoms with E-state index in [-0.39, 0.29) is 6.04 Å². The van der Waals surface area contributed by atoms with Gasteiger partial charge in [0.05, 0.1) is 26.4 Å². The minimum absolute atomic E-state index is 0.100. The summed E-state index contributed by atoms with van der Waals surface area (Å²) < 4.78 is 16.3. The van der Waals surface area contributed by atoms with Gasteiger partial charge in [0, 0.05) is 30.6 Å². The number of benzene rings is 1. The molecule has 2 atom stereocenters. The summed E-state index contributed by atoms with van der Waals surface area (Å²) in [6.07, 6.45) is 1.10. The average Bonchev–Trinajstić information content (AvgIpc) is 3.08. The molecule has 0 spiro atoms. The Balaban J connectivity index is 1.89. The molecular formula is C18H25N3O4. The fourth-order valence-electron chi connectivity index (χ4n) is 3.32.